The summed E-state index contributed by atoms with van der Waals surface area (Å²) in [7, 11) is -2.10. The normalized spacial score (nSPS) is 18.4. The maximum Gasteiger partial charge on any atom is 0.416 e. The molecular formula is C32H41F3N2O3Si. The van der Waals surface area contributed by atoms with E-state index in [1.54, 1.807) is 6.07 Å². The van der Waals surface area contributed by atoms with Crippen LogP contribution in [0.5, 0.6) is 0 Å². The molecule has 3 aromatic rings. The van der Waals surface area contributed by atoms with Crippen molar-refractivity contribution in [3.63, 3.8) is 0 Å². The number of H-pyrrole nitrogens is 1. The zero-order valence-corrected chi connectivity index (χ0v) is 25.6. The van der Waals surface area contributed by atoms with Gasteiger partial charge in [0.1, 0.15) is 0 Å². The minimum absolute atomic E-state index is 0.0105. The third-order valence-corrected chi connectivity index (χ3v) is 13.5. The van der Waals surface area contributed by atoms with Gasteiger partial charge in [-0.3, -0.25) is 9.36 Å². The van der Waals surface area contributed by atoms with Crippen LogP contribution in [0, 0.1) is 0 Å². The summed E-state index contributed by atoms with van der Waals surface area (Å²) < 4.78 is 47.7. The average Bonchev–Trinajstić information content (AvgIpc) is 2.91. The van der Waals surface area contributed by atoms with E-state index in [-0.39, 0.29) is 30.5 Å². The van der Waals surface area contributed by atoms with Gasteiger partial charge < -0.3 is 9.41 Å². The summed E-state index contributed by atoms with van der Waals surface area (Å²) in [6, 6.07) is 15.4. The van der Waals surface area contributed by atoms with Crippen molar-refractivity contribution in [1.29, 1.82) is 0 Å². The molecule has 0 bridgehead atoms. The van der Waals surface area contributed by atoms with E-state index in [2.05, 4.69) is 51.0 Å². The highest BCUT2D eigenvalue weighted by molar-refractivity contribution is 6.74. The van der Waals surface area contributed by atoms with E-state index >= 15 is 0 Å². The lowest BCUT2D eigenvalue weighted by molar-refractivity contribution is -0.137. The first-order valence-electron chi connectivity index (χ1n) is 14.4. The van der Waals surface area contributed by atoms with Gasteiger partial charge in [0.2, 0.25) is 0 Å². The van der Waals surface area contributed by atoms with Gasteiger partial charge in [0.25, 0.3) is 5.56 Å². The molecule has 1 fully saturated rings. The molecule has 1 N–H and O–H groups in total. The van der Waals surface area contributed by atoms with Crippen LogP contribution in [0.25, 0.3) is 0 Å². The monoisotopic (exact) mass is 586 g/mol. The van der Waals surface area contributed by atoms with Gasteiger partial charge in [0, 0.05) is 17.7 Å². The first kappa shape index (κ1) is 31.0. The molecule has 0 saturated heterocycles. The number of benzene rings is 2. The number of alkyl halides is 3. The topological polar surface area (TPSA) is 64.1 Å². The number of aromatic amines is 1. The molecule has 5 nitrogen and oxygen atoms in total. The fraction of sp³-hybridized carbons (Fsp3) is 0.500. The molecule has 1 aliphatic carbocycles. The molecule has 0 atom stereocenters. The van der Waals surface area contributed by atoms with E-state index in [1.807, 2.05) is 18.2 Å². The van der Waals surface area contributed by atoms with Crippen molar-refractivity contribution in [3.05, 3.63) is 103 Å². The van der Waals surface area contributed by atoms with E-state index in [9.17, 15) is 22.8 Å². The highest BCUT2D eigenvalue weighted by Crippen LogP contribution is 2.41. The lowest BCUT2D eigenvalue weighted by atomic mass is 9.76. The van der Waals surface area contributed by atoms with E-state index < -0.39 is 31.3 Å². The number of nitrogens with one attached hydrogen (secondary N) is 1. The summed E-state index contributed by atoms with van der Waals surface area (Å²) in [5.41, 5.74) is 0.873. The van der Waals surface area contributed by atoms with E-state index in [1.165, 1.54) is 11.6 Å². The van der Waals surface area contributed by atoms with Gasteiger partial charge >= 0.3 is 11.9 Å². The third-order valence-electron chi connectivity index (χ3n) is 8.94. The number of nitrogens with zero attached hydrogens (tertiary/aromatic N) is 1. The van der Waals surface area contributed by atoms with Gasteiger partial charge in [-0.2, -0.15) is 13.2 Å². The second-order valence-electron chi connectivity index (χ2n) is 12.7. The number of rotatable bonds is 8. The van der Waals surface area contributed by atoms with Crippen LogP contribution in [0.1, 0.15) is 86.2 Å². The van der Waals surface area contributed by atoms with Crippen molar-refractivity contribution in [1.82, 2.24) is 9.55 Å². The van der Waals surface area contributed by atoms with Gasteiger partial charge in [-0.15, -0.1) is 0 Å². The molecule has 222 valence electrons. The molecule has 1 saturated carbocycles. The molecule has 0 amide bonds. The Morgan fingerprint density at radius 2 is 1.56 bits per heavy atom. The van der Waals surface area contributed by atoms with Crippen LogP contribution >= 0.6 is 0 Å². The highest BCUT2D eigenvalue weighted by atomic mass is 28.4. The lowest BCUT2D eigenvalue weighted by Crippen LogP contribution is -2.44. The second-order valence-corrected chi connectivity index (χ2v) is 17.5. The van der Waals surface area contributed by atoms with Gasteiger partial charge in [-0.05, 0) is 72.8 Å². The standard InChI is InChI=1S/C32H41F3N2O3Si/c1-31(2,3)41(4,5)40-19-18-37-29(38)27(21-22-10-9-13-26(20-22)32(33,34)35)28(36-30(37)39)25-16-14-24(15-17-25)23-11-7-6-8-12-23/h6-13,20,24-25H,14-19,21H2,1-5H3,(H,36,39)/t24-,25-. The summed E-state index contributed by atoms with van der Waals surface area (Å²) in [5.74, 6) is 0.355. The minimum Gasteiger partial charge on any atom is -0.415 e. The molecule has 1 aromatic heterocycles. The van der Waals surface area contributed by atoms with Gasteiger partial charge in [-0.25, -0.2) is 4.79 Å². The molecule has 2 aromatic carbocycles. The quantitative estimate of drug-likeness (QED) is 0.276. The predicted octanol–water partition coefficient (Wildman–Crippen LogP) is 7.61. The zero-order valence-electron chi connectivity index (χ0n) is 24.6. The van der Waals surface area contributed by atoms with Crippen molar-refractivity contribution in [3.8, 4) is 0 Å². The van der Waals surface area contributed by atoms with E-state index in [0.29, 0.717) is 22.7 Å². The number of hydrogen-bond acceptors (Lipinski definition) is 3. The molecule has 0 radical (unpaired) electrons. The van der Waals surface area contributed by atoms with Crippen LogP contribution < -0.4 is 11.2 Å². The van der Waals surface area contributed by atoms with Crippen molar-refractivity contribution in [2.45, 2.75) is 95.6 Å². The van der Waals surface area contributed by atoms with Crippen LogP contribution in [-0.2, 0) is 23.6 Å². The SMILES string of the molecule is CC(C)(C)[Si](C)(C)OCCn1c(=O)[nH]c([C@H]2CC[C@H](c3ccccc3)CC2)c(Cc2cccc(C(F)(F)F)c2)c1=O. The number of hydrogen-bond donors (Lipinski definition) is 1. The summed E-state index contributed by atoms with van der Waals surface area (Å²) in [4.78, 5) is 30.1. The summed E-state index contributed by atoms with van der Waals surface area (Å²) in [6.07, 6.45) is -1.10. The number of aromatic nitrogens is 2. The van der Waals surface area contributed by atoms with Gasteiger partial charge in [0.15, 0.2) is 8.32 Å². The lowest BCUT2D eigenvalue weighted by Gasteiger charge is -2.36. The number of halogens is 3. The Morgan fingerprint density at radius 3 is 2.17 bits per heavy atom. The van der Waals surface area contributed by atoms with Crippen LogP contribution in [0.15, 0.2) is 64.2 Å². The summed E-state index contributed by atoms with van der Waals surface area (Å²) in [6.45, 7) is 10.9. The molecule has 9 heteroatoms. The Morgan fingerprint density at radius 1 is 0.927 bits per heavy atom. The first-order valence-corrected chi connectivity index (χ1v) is 17.3. The molecular weight excluding hydrogens is 545 g/mol. The minimum atomic E-state index is -4.49. The molecule has 0 spiro atoms. The summed E-state index contributed by atoms with van der Waals surface area (Å²) in [5, 5.41) is -0.0263. The fourth-order valence-corrected chi connectivity index (χ4v) is 6.50. The Hall–Kier alpha value is -2.91. The molecule has 0 unspecified atom stereocenters. The van der Waals surface area contributed by atoms with E-state index in [0.717, 1.165) is 42.4 Å². The summed E-state index contributed by atoms with van der Waals surface area (Å²) >= 11 is 0. The fourth-order valence-electron chi connectivity index (χ4n) is 5.46. The zero-order chi connectivity index (χ0) is 30.0. The Labute approximate surface area is 240 Å². The van der Waals surface area contributed by atoms with Crippen LogP contribution in [0.3, 0.4) is 0 Å². The largest absolute Gasteiger partial charge is 0.416 e. The maximum absolute atomic E-state index is 13.9. The molecule has 0 aliphatic heterocycles. The van der Waals surface area contributed by atoms with Crippen LogP contribution in [0.2, 0.25) is 18.1 Å². The predicted molar refractivity (Wildman–Crippen MR) is 159 cm³/mol. The van der Waals surface area contributed by atoms with Crippen molar-refractivity contribution < 1.29 is 17.6 Å². The Bertz CT molecular complexity index is 1450. The molecule has 41 heavy (non-hydrogen) atoms. The maximum atomic E-state index is 13.9. The average molecular weight is 587 g/mol. The Balaban J connectivity index is 1.66. The van der Waals surface area contributed by atoms with Crippen LogP contribution in [-0.4, -0.2) is 24.5 Å². The second kappa shape index (κ2) is 12.1. The molecule has 1 aliphatic rings. The molecule has 1 heterocycles. The van der Waals surface area contributed by atoms with Crippen molar-refractivity contribution in [2.75, 3.05) is 6.61 Å². The Kier molecular flexibility index (Phi) is 9.18. The molecule has 4 rings (SSSR count). The van der Waals surface area contributed by atoms with E-state index in [4.69, 9.17) is 4.43 Å². The first-order chi connectivity index (χ1) is 19.2. The highest BCUT2D eigenvalue weighted by Gasteiger charge is 2.37. The smallest absolute Gasteiger partial charge is 0.415 e. The van der Waals surface area contributed by atoms with Gasteiger partial charge in [-0.1, -0.05) is 69.3 Å². The van der Waals surface area contributed by atoms with Crippen molar-refractivity contribution >= 4 is 8.32 Å². The third kappa shape index (κ3) is 7.30. The van der Waals surface area contributed by atoms with Crippen molar-refractivity contribution in [2.24, 2.45) is 0 Å². The van der Waals surface area contributed by atoms with Crippen LogP contribution in [0.4, 0.5) is 13.2 Å². The van der Waals surface area contributed by atoms with Gasteiger partial charge in [0.05, 0.1) is 18.7 Å².